The number of hydrogen-bond donors (Lipinski definition) is 1. The van der Waals surface area contributed by atoms with Crippen LogP contribution < -0.4 is 10.2 Å². The molecule has 0 bridgehead atoms. The number of carbonyl (C=O) groups excluding carboxylic acids is 1. The quantitative estimate of drug-likeness (QED) is 0.923. The molecular formula is C19H21N3O. The number of nitrogens with one attached hydrogen (secondary N) is 1. The van der Waals surface area contributed by atoms with Gasteiger partial charge < -0.3 is 10.2 Å². The van der Waals surface area contributed by atoms with Crippen molar-refractivity contribution >= 4 is 11.6 Å². The van der Waals surface area contributed by atoms with Crippen LogP contribution in [0.15, 0.2) is 54.6 Å². The molecule has 4 nitrogen and oxygen atoms in total. The second-order valence-electron chi connectivity index (χ2n) is 6.30. The Bertz CT molecular complexity index is 701. The van der Waals surface area contributed by atoms with Crippen LogP contribution >= 0.6 is 0 Å². The van der Waals surface area contributed by atoms with Crippen molar-refractivity contribution < 1.29 is 4.79 Å². The van der Waals surface area contributed by atoms with Gasteiger partial charge in [-0.05, 0) is 17.7 Å². The molecule has 0 radical (unpaired) electrons. The standard InChI is InChI=1S/C19H21N3O/c23-19-17-8-4-5-9-18(17)22-11-10-21(14-16(22)12-20-19)13-15-6-2-1-3-7-15/h1-9,16H,10-14H2,(H,20,23). The molecule has 0 spiro atoms. The van der Waals surface area contributed by atoms with E-state index in [1.54, 1.807) is 0 Å². The molecule has 0 saturated carbocycles. The first-order valence-corrected chi connectivity index (χ1v) is 8.21. The Balaban J connectivity index is 1.54. The van der Waals surface area contributed by atoms with E-state index >= 15 is 0 Å². The fourth-order valence-electron chi connectivity index (χ4n) is 3.62. The zero-order valence-electron chi connectivity index (χ0n) is 13.1. The van der Waals surface area contributed by atoms with Gasteiger partial charge in [0.05, 0.1) is 11.6 Å². The third-order valence-corrected chi connectivity index (χ3v) is 4.77. The maximum atomic E-state index is 12.3. The van der Waals surface area contributed by atoms with E-state index in [9.17, 15) is 4.79 Å². The SMILES string of the molecule is O=C1NCC2CN(Cc3ccccc3)CCN2c2ccccc21. The molecule has 1 unspecified atom stereocenters. The van der Waals surface area contributed by atoms with Gasteiger partial charge in [0.15, 0.2) is 0 Å². The van der Waals surface area contributed by atoms with Crippen molar-refractivity contribution in [3.63, 3.8) is 0 Å². The highest BCUT2D eigenvalue weighted by Gasteiger charge is 2.32. The molecule has 2 aliphatic heterocycles. The molecule has 4 rings (SSSR count). The molecule has 1 fully saturated rings. The number of benzene rings is 2. The van der Waals surface area contributed by atoms with Gasteiger partial charge in [0.25, 0.3) is 5.91 Å². The number of piperazine rings is 1. The Labute approximate surface area is 136 Å². The van der Waals surface area contributed by atoms with E-state index in [0.29, 0.717) is 12.6 Å². The number of para-hydroxylation sites is 1. The van der Waals surface area contributed by atoms with Crippen LogP contribution in [0.3, 0.4) is 0 Å². The van der Waals surface area contributed by atoms with E-state index in [4.69, 9.17) is 0 Å². The van der Waals surface area contributed by atoms with Crippen molar-refractivity contribution in [1.29, 1.82) is 0 Å². The smallest absolute Gasteiger partial charge is 0.253 e. The summed E-state index contributed by atoms with van der Waals surface area (Å²) in [7, 11) is 0. The number of amides is 1. The van der Waals surface area contributed by atoms with Crippen molar-refractivity contribution in [3.8, 4) is 0 Å². The van der Waals surface area contributed by atoms with Gasteiger partial charge in [0.2, 0.25) is 0 Å². The maximum Gasteiger partial charge on any atom is 0.253 e. The van der Waals surface area contributed by atoms with E-state index in [-0.39, 0.29) is 5.91 Å². The van der Waals surface area contributed by atoms with E-state index in [1.165, 1.54) is 5.56 Å². The second kappa shape index (κ2) is 6.05. The summed E-state index contributed by atoms with van der Waals surface area (Å²) in [6.07, 6.45) is 0. The molecule has 2 aromatic rings. The number of hydrogen-bond acceptors (Lipinski definition) is 3. The summed E-state index contributed by atoms with van der Waals surface area (Å²) in [6.45, 7) is 4.64. The summed E-state index contributed by atoms with van der Waals surface area (Å²) in [5, 5.41) is 3.08. The van der Waals surface area contributed by atoms with E-state index in [2.05, 4.69) is 51.5 Å². The van der Waals surface area contributed by atoms with Crippen LogP contribution in [-0.2, 0) is 6.54 Å². The molecule has 1 N–H and O–H groups in total. The lowest BCUT2D eigenvalue weighted by atomic mass is 10.1. The van der Waals surface area contributed by atoms with E-state index in [1.807, 2.05) is 18.2 Å². The molecule has 1 amide bonds. The fraction of sp³-hybridized carbons (Fsp3) is 0.316. The highest BCUT2D eigenvalue weighted by Crippen LogP contribution is 2.27. The predicted octanol–water partition coefficient (Wildman–Crippen LogP) is 2.12. The fourth-order valence-corrected chi connectivity index (χ4v) is 3.62. The van der Waals surface area contributed by atoms with Gasteiger partial charge >= 0.3 is 0 Å². The van der Waals surface area contributed by atoms with Gasteiger partial charge in [-0.3, -0.25) is 9.69 Å². The molecule has 2 aromatic carbocycles. The number of anilines is 1. The van der Waals surface area contributed by atoms with E-state index < -0.39 is 0 Å². The number of fused-ring (bicyclic) bond motifs is 3. The molecule has 4 heteroatoms. The van der Waals surface area contributed by atoms with Crippen LogP contribution in [-0.4, -0.2) is 43.0 Å². The normalized spacial score (nSPS) is 21.1. The van der Waals surface area contributed by atoms with Crippen LogP contribution in [0.4, 0.5) is 5.69 Å². The van der Waals surface area contributed by atoms with Gasteiger partial charge in [-0.1, -0.05) is 42.5 Å². The molecule has 2 aliphatic rings. The first kappa shape index (κ1) is 14.3. The lowest BCUT2D eigenvalue weighted by molar-refractivity contribution is 0.0952. The zero-order chi connectivity index (χ0) is 15.6. The summed E-state index contributed by atoms with van der Waals surface area (Å²) in [6, 6.07) is 18.9. The number of carbonyl (C=O) groups is 1. The molecule has 118 valence electrons. The molecule has 2 heterocycles. The van der Waals surface area contributed by atoms with Crippen molar-refractivity contribution in [2.24, 2.45) is 0 Å². The van der Waals surface area contributed by atoms with E-state index in [0.717, 1.165) is 37.4 Å². The van der Waals surface area contributed by atoms with Crippen molar-refractivity contribution in [2.45, 2.75) is 12.6 Å². The molecule has 0 aliphatic carbocycles. The Morgan fingerprint density at radius 2 is 1.78 bits per heavy atom. The van der Waals surface area contributed by atoms with Gasteiger partial charge in [0, 0.05) is 38.4 Å². The monoisotopic (exact) mass is 307 g/mol. The summed E-state index contributed by atoms with van der Waals surface area (Å²) in [4.78, 5) is 17.2. The van der Waals surface area contributed by atoms with Crippen molar-refractivity contribution in [2.75, 3.05) is 31.1 Å². The first-order valence-electron chi connectivity index (χ1n) is 8.21. The second-order valence-corrected chi connectivity index (χ2v) is 6.30. The van der Waals surface area contributed by atoms with Gasteiger partial charge in [-0.25, -0.2) is 0 Å². The van der Waals surface area contributed by atoms with Gasteiger partial charge in [0.1, 0.15) is 0 Å². The van der Waals surface area contributed by atoms with Crippen LogP contribution in [0, 0.1) is 0 Å². The van der Waals surface area contributed by atoms with Crippen LogP contribution in [0.1, 0.15) is 15.9 Å². The van der Waals surface area contributed by atoms with Crippen LogP contribution in [0.5, 0.6) is 0 Å². The first-order chi connectivity index (χ1) is 11.3. The van der Waals surface area contributed by atoms with Crippen molar-refractivity contribution in [1.82, 2.24) is 10.2 Å². The highest BCUT2D eigenvalue weighted by atomic mass is 16.1. The topological polar surface area (TPSA) is 35.6 Å². The molecule has 1 saturated heterocycles. The summed E-state index contributed by atoms with van der Waals surface area (Å²) < 4.78 is 0. The molecule has 0 aromatic heterocycles. The average molecular weight is 307 g/mol. The number of nitrogens with zero attached hydrogens (tertiary/aromatic N) is 2. The largest absolute Gasteiger partial charge is 0.364 e. The minimum atomic E-state index is 0.0459. The third-order valence-electron chi connectivity index (χ3n) is 4.77. The maximum absolute atomic E-state index is 12.3. The van der Waals surface area contributed by atoms with Crippen LogP contribution in [0.2, 0.25) is 0 Å². The summed E-state index contributed by atoms with van der Waals surface area (Å²) in [5.41, 5.74) is 3.22. The molecule has 23 heavy (non-hydrogen) atoms. The van der Waals surface area contributed by atoms with Crippen LogP contribution in [0.25, 0.3) is 0 Å². The lowest BCUT2D eigenvalue weighted by Gasteiger charge is -2.42. The van der Waals surface area contributed by atoms with Crippen molar-refractivity contribution in [3.05, 3.63) is 65.7 Å². The highest BCUT2D eigenvalue weighted by molar-refractivity contribution is 6.00. The Hall–Kier alpha value is -2.33. The number of rotatable bonds is 2. The summed E-state index contributed by atoms with van der Waals surface area (Å²) >= 11 is 0. The zero-order valence-corrected chi connectivity index (χ0v) is 13.1. The predicted molar refractivity (Wildman–Crippen MR) is 91.6 cm³/mol. The summed E-state index contributed by atoms with van der Waals surface area (Å²) in [5.74, 6) is 0.0459. The lowest BCUT2D eigenvalue weighted by Crippen LogP contribution is -2.55. The third kappa shape index (κ3) is 2.82. The Kier molecular flexibility index (Phi) is 3.75. The Morgan fingerprint density at radius 3 is 2.65 bits per heavy atom. The molecule has 1 atom stereocenters. The minimum absolute atomic E-state index is 0.0459. The van der Waals surface area contributed by atoms with Gasteiger partial charge in [-0.2, -0.15) is 0 Å². The molecular weight excluding hydrogens is 286 g/mol. The average Bonchev–Trinajstić information content (AvgIpc) is 2.74. The minimum Gasteiger partial charge on any atom is -0.364 e. The van der Waals surface area contributed by atoms with Gasteiger partial charge in [-0.15, -0.1) is 0 Å². The Morgan fingerprint density at radius 1 is 1.00 bits per heavy atom.